The van der Waals surface area contributed by atoms with Crippen molar-refractivity contribution in [1.82, 2.24) is 4.98 Å². The lowest BCUT2D eigenvalue weighted by atomic mass is 9.90. The van der Waals surface area contributed by atoms with Gasteiger partial charge in [-0.2, -0.15) is 0 Å². The van der Waals surface area contributed by atoms with E-state index in [0.29, 0.717) is 18.4 Å². The SMILES string of the molecule is CC(C)C(=O)c1cnc2ccc(-c3ccc(CC(=O)CCc4ccccc4)cc3)cc2c1NC1CCC(N)CC1. The van der Waals surface area contributed by atoms with E-state index in [9.17, 15) is 9.59 Å². The molecule has 0 amide bonds. The summed E-state index contributed by atoms with van der Waals surface area (Å²) < 4.78 is 0. The van der Waals surface area contributed by atoms with Crippen molar-refractivity contribution in [3.8, 4) is 11.1 Å². The molecule has 3 N–H and O–H groups in total. The highest BCUT2D eigenvalue weighted by atomic mass is 16.1. The highest BCUT2D eigenvalue weighted by Gasteiger charge is 2.23. The predicted molar refractivity (Wildman–Crippen MR) is 164 cm³/mol. The highest BCUT2D eigenvalue weighted by molar-refractivity contribution is 6.09. The van der Waals surface area contributed by atoms with E-state index in [1.54, 1.807) is 6.20 Å². The zero-order chi connectivity index (χ0) is 28.1. The molecule has 1 aromatic heterocycles. The van der Waals surface area contributed by atoms with E-state index in [2.05, 4.69) is 46.7 Å². The Hall–Kier alpha value is -3.83. The fourth-order valence-electron chi connectivity index (χ4n) is 5.55. The first-order valence-electron chi connectivity index (χ1n) is 14.5. The van der Waals surface area contributed by atoms with Crippen molar-refractivity contribution in [3.63, 3.8) is 0 Å². The number of hydrogen-bond acceptors (Lipinski definition) is 5. The molecular weight excluding hydrogens is 494 g/mol. The van der Waals surface area contributed by atoms with Gasteiger partial charge in [-0.1, -0.05) is 74.5 Å². The van der Waals surface area contributed by atoms with Crippen molar-refractivity contribution < 1.29 is 9.59 Å². The van der Waals surface area contributed by atoms with Gasteiger partial charge < -0.3 is 11.1 Å². The molecule has 1 aliphatic rings. The Morgan fingerprint density at radius 2 is 1.60 bits per heavy atom. The maximum absolute atomic E-state index is 13.2. The first-order chi connectivity index (χ1) is 19.4. The Kier molecular flexibility index (Phi) is 8.71. The number of pyridine rings is 1. The summed E-state index contributed by atoms with van der Waals surface area (Å²) >= 11 is 0. The van der Waals surface area contributed by atoms with Gasteiger partial charge in [-0.3, -0.25) is 14.6 Å². The highest BCUT2D eigenvalue weighted by Crippen LogP contribution is 2.34. The van der Waals surface area contributed by atoms with Crippen LogP contribution in [-0.4, -0.2) is 28.6 Å². The van der Waals surface area contributed by atoms with Crippen LogP contribution in [0.3, 0.4) is 0 Å². The molecule has 0 spiro atoms. The molecule has 1 saturated carbocycles. The number of Topliss-reactive ketones (excluding diaryl/α,β-unsaturated/α-hetero) is 2. The summed E-state index contributed by atoms with van der Waals surface area (Å²) in [6.45, 7) is 3.86. The van der Waals surface area contributed by atoms with Crippen LogP contribution in [0.1, 0.15) is 67.4 Å². The predicted octanol–water partition coefficient (Wildman–Crippen LogP) is 7.17. The molecule has 0 unspecified atom stereocenters. The van der Waals surface area contributed by atoms with Gasteiger partial charge in [0.15, 0.2) is 5.78 Å². The summed E-state index contributed by atoms with van der Waals surface area (Å²) in [5.41, 5.74) is 12.9. The van der Waals surface area contributed by atoms with Crippen LogP contribution < -0.4 is 11.1 Å². The Bertz CT molecular complexity index is 1470. The Morgan fingerprint density at radius 3 is 2.30 bits per heavy atom. The number of nitrogens with one attached hydrogen (secondary N) is 1. The number of fused-ring (bicyclic) bond motifs is 1. The van der Waals surface area contributed by atoms with Crippen LogP contribution >= 0.6 is 0 Å². The first-order valence-corrected chi connectivity index (χ1v) is 14.5. The lowest BCUT2D eigenvalue weighted by Gasteiger charge is -2.29. The fourth-order valence-corrected chi connectivity index (χ4v) is 5.55. The smallest absolute Gasteiger partial charge is 0.169 e. The van der Waals surface area contributed by atoms with Gasteiger partial charge in [-0.05, 0) is 66.5 Å². The van der Waals surface area contributed by atoms with Crippen LogP contribution in [0.4, 0.5) is 5.69 Å². The Balaban J connectivity index is 1.38. The number of rotatable bonds is 10. The van der Waals surface area contributed by atoms with E-state index in [1.807, 2.05) is 50.2 Å². The van der Waals surface area contributed by atoms with E-state index in [0.717, 1.165) is 65.4 Å². The average molecular weight is 534 g/mol. The molecule has 1 fully saturated rings. The minimum atomic E-state index is -0.120. The summed E-state index contributed by atoms with van der Waals surface area (Å²) in [5, 5.41) is 4.69. The van der Waals surface area contributed by atoms with Crippen molar-refractivity contribution in [1.29, 1.82) is 0 Å². The summed E-state index contributed by atoms with van der Waals surface area (Å²) in [6.07, 6.45) is 7.44. The van der Waals surface area contributed by atoms with Gasteiger partial charge in [0, 0.05) is 42.4 Å². The number of ketones is 2. The molecular formula is C35H39N3O2. The second-order valence-electron chi connectivity index (χ2n) is 11.5. The van der Waals surface area contributed by atoms with Crippen molar-refractivity contribution in [3.05, 3.63) is 95.7 Å². The maximum Gasteiger partial charge on any atom is 0.169 e. The molecule has 0 saturated heterocycles. The molecule has 5 nitrogen and oxygen atoms in total. The number of benzene rings is 3. The number of hydrogen-bond donors (Lipinski definition) is 2. The third-order valence-electron chi connectivity index (χ3n) is 8.00. The third kappa shape index (κ3) is 6.65. The minimum absolute atomic E-state index is 0.0936. The lowest BCUT2D eigenvalue weighted by Crippen LogP contribution is -2.33. The summed E-state index contributed by atoms with van der Waals surface area (Å²) in [5.74, 6) is 0.219. The fraction of sp³-hybridized carbons (Fsp3) is 0.343. The van der Waals surface area contributed by atoms with Gasteiger partial charge in [0.1, 0.15) is 5.78 Å². The molecule has 206 valence electrons. The van der Waals surface area contributed by atoms with Crippen LogP contribution in [0.15, 0.2) is 79.0 Å². The average Bonchev–Trinajstić information content (AvgIpc) is 2.97. The van der Waals surface area contributed by atoms with Gasteiger partial charge in [0.05, 0.1) is 16.8 Å². The van der Waals surface area contributed by atoms with Crippen LogP contribution in [0.2, 0.25) is 0 Å². The zero-order valence-electron chi connectivity index (χ0n) is 23.5. The number of nitrogens with zero attached hydrogens (tertiary/aromatic N) is 1. The number of anilines is 1. The van der Waals surface area contributed by atoms with Crippen molar-refractivity contribution in [2.75, 3.05) is 5.32 Å². The van der Waals surface area contributed by atoms with Crippen LogP contribution in [0, 0.1) is 5.92 Å². The largest absolute Gasteiger partial charge is 0.381 e. The van der Waals surface area contributed by atoms with Crippen LogP contribution in [0.25, 0.3) is 22.0 Å². The first kappa shape index (κ1) is 27.7. The van der Waals surface area contributed by atoms with Crippen molar-refractivity contribution >= 4 is 28.2 Å². The van der Waals surface area contributed by atoms with E-state index < -0.39 is 0 Å². The third-order valence-corrected chi connectivity index (χ3v) is 8.00. The normalized spacial score (nSPS) is 17.2. The molecule has 4 aromatic rings. The standard InChI is InChI=1S/C35H39N3O2/c1-23(2)35(40)32-22-37-33-19-13-27(21-31(33)34(32)38-29-16-14-28(36)15-17-29)26-11-8-25(9-12-26)20-30(39)18-10-24-6-4-3-5-7-24/h3-9,11-13,19,21-23,28-29H,10,14-18,20,36H2,1-2H3,(H,37,38). The van der Waals surface area contributed by atoms with Crippen LogP contribution in [0.5, 0.6) is 0 Å². The lowest BCUT2D eigenvalue weighted by molar-refractivity contribution is -0.118. The van der Waals surface area contributed by atoms with Crippen molar-refractivity contribution in [2.24, 2.45) is 11.7 Å². The maximum atomic E-state index is 13.2. The molecule has 40 heavy (non-hydrogen) atoms. The molecule has 0 radical (unpaired) electrons. The van der Waals surface area contributed by atoms with Gasteiger partial charge in [-0.15, -0.1) is 0 Å². The quantitative estimate of drug-likeness (QED) is 0.211. The number of carbonyl (C=O) groups is 2. The van der Waals surface area contributed by atoms with Crippen LogP contribution in [-0.2, 0) is 17.6 Å². The summed E-state index contributed by atoms with van der Waals surface area (Å²) in [7, 11) is 0. The second-order valence-corrected chi connectivity index (χ2v) is 11.5. The van der Waals surface area contributed by atoms with Gasteiger partial charge in [-0.25, -0.2) is 0 Å². The van der Waals surface area contributed by atoms with E-state index in [1.165, 1.54) is 5.56 Å². The van der Waals surface area contributed by atoms with Crippen molar-refractivity contribution in [2.45, 2.75) is 70.9 Å². The second kappa shape index (κ2) is 12.6. The Morgan fingerprint density at radius 1 is 0.900 bits per heavy atom. The molecule has 5 rings (SSSR count). The number of aryl methyl sites for hydroxylation is 1. The monoisotopic (exact) mass is 533 g/mol. The zero-order valence-corrected chi connectivity index (χ0v) is 23.5. The summed E-state index contributed by atoms with van der Waals surface area (Å²) in [6, 6.07) is 25.2. The topological polar surface area (TPSA) is 85.1 Å². The molecule has 5 heteroatoms. The summed E-state index contributed by atoms with van der Waals surface area (Å²) in [4.78, 5) is 30.4. The molecule has 3 aromatic carbocycles. The molecule has 0 bridgehead atoms. The van der Waals surface area contributed by atoms with E-state index in [-0.39, 0.29) is 29.6 Å². The molecule has 1 heterocycles. The molecule has 0 aliphatic heterocycles. The van der Waals surface area contributed by atoms with E-state index >= 15 is 0 Å². The number of nitrogens with two attached hydrogens (primary N) is 1. The molecule has 0 atom stereocenters. The minimum Gasteiger partial charge on any atom is -0.381 e. The molecule has 1 aliphatic carbocycles. The van der Waals surface area contributed by atoms with E-state index in [4.69, 9.17) is 5.73 Å². The van der Waals surface area contributed by atoms with Gasteiger partial charge in [0.25, 0.3) is 0 Å². The Labute approximate surface area is 237 Å². The number of carbonyl (C=O) groups excluding carboxylic acids is 2. The van der Waals surface area contributed by atoms with Gasteiger partial charge in [0.2, 0.25) is 0 Å². The van der Waals surface area contributed by atoms with Gasteiger partial charge >= 0.3 is 0 Å². The number of aromatic nitrogens is 1.